The minimum Gasteiger partial charge on any atom is -0.382 e. The number of nitrogens with zero attached hydrogens (tertiary/aromatic N) is 4. The largest absolute Gasteiger partial charge is 0.391 e. The molecule has 1 saturated carbocycles. The summed E-state index contributed by atoms with van der Waals surface area (Å²) in [7, 11) is 1.86. The minimum absolute atomic E-state index is 0.0756. The van der Waals surface area contributed by atoms with Crippen LogP contribution in [0.2, 0.25) is 0 Å². The molecule has 2 N–H and O–H groups in total. The summed E-state index contributed by atoms with van der Waals surface area (Å²) < 4.78 is 46.4. The lowest BCUT2D eigenvalue weighted by atomic mass is 9.85. The van der Waals surface area contributed by atoms with Crippen molar-refractivity contribution in [3.05, 3.63) is 11.6 Å². The Kier molecular flexibility index (Phi) is 8.53. The molecule has 2 unspecified atom stereocenters. The third kappa shape index (κ3) is 6.96. The molecular weight excluding hydrogens is 373 g/mol. The highest BCUT2D eigenvalue weighted by molar-refractivity contribution is 5.80. The summed E-state index contributed by atoms with van der Waals surface area (Å²) in [4.78, 5) is 4.52. The highest BCUT2D eigenvalue weighted by Gasteiger charge is 2.42. The zero-order chi connectivity index (χ0) is 20.6. The summed E-state index contributed by atoms with van der Waals surface area (Å²) in [5, 5.41) is 14.5. The van der Waals surface area contributed by atoms with Crippen LogP contribution in [-0.2, 0) is 18.3 Å². The first-order chi connectivity index (χ1) is 13.3. The quantitative estimate of drug-likeness (QED) is 0.396. The van der Waals surface area contributed by atoms with Gasteiger partial charge in [-0.15, -0.1) is 10.2 Å². The van der Waals surface area contributed by atoms with Gasteiger partial charge in [0.05, 0.1) is 5.92 Å². The Morgan fingerprint density at radius 2 is 2.11 bits per heavy atom. The summed E-state index contributed by atoms with van der Waals surface area (Å²) in [6.45, 7) is 5.99. The van der Waals surface area contributed by atoms with Crippen molar-refractivity contribution < 1.29 is 17.9 Å². The van der Waals surface area contributed by atoms with Gasteiger partial charge in [-0.1, -0.05) is 6.42 Å². The molecular formula is C18H31F3N6O. The van der Waals surface area contributed by atoms with Crippen LogP contribution < -0.4 is 10.6 Å². The van der Waals surface area contributed by atoms with Gasteiger partial charge in [-0.2, -0.15) is 13.2 Å². The van der Waals surface area contributed by atoms with Crippen molar-refractivity contribution in [3.8, 4) is 0 Å². The number of halogens is 3. The molecule has 0 amide bonds. The van der Waals surface area contributed by atoms with E-state index in [1.54, 1.807) is 0 Å². The van der Waals surface area contributed by atoms with Crippen LogP contribution in [0.5, 0.6) is 0 Å². The number of hydrogen-bond donors (Lipinski definition) is 2. The van der Waals surface area contributed by atoms with Gasteiger partial charge in [0.1, 0.15) is 12.4 Å². The molecule has 10 heteroatoms. The molecule has 7 nitrogen and oxygen atoms in total. The zero-order valence-corrected chi connectivity index (χ0v) is 16.8. The Labute approximate surface area is 164 Å². The van der Waals surface area contributed by atoms with Gasteiger partial charge in [0.2, 0.25) is 0 Å². The SMILES string of the molecule is CCOCCCNC(=NCc1nnc(C)n1C)NC1CCCC(C(F)(F)F)C1. The molecule has 0 spiro atoms. The second kappa shape index (κ2) is 10.6. The monoisotopic (exact) mass is 404 g/mol. The lowest BCUT2D eigenvalue weighted by molar-refractivity contribution is -0.183. The molecule has 1 heterocycles. The number of aromatic nitrogens is 3. The average Bonchev–Trinajstić information content (AvgIpc) is 2.97. The highest BCUT2D eigenvalue weighted by Crippen LogP contribution is 2.37. The van der Waals surface area contributed by atoms with E-state index >= 15 is 0 Å². The Morgan fingerprint density at radius 1 is 1.32 bits per heavy atom. The predicted octanol–water partition coefficient (Wildman–Crippen LogP) is 2.71. The van der Waals surface area contributed by atoms with Crippen LogP contribution >= 0.6 is 0 Å². The topological polar surface area (TPSA) is 76.4 Å². The van der Waals surface area contributed by atoms with Gasteiger partial charge in [-0.3, -0.25) is 0 Å². The number of nitrogens with one attached hydrogen (secondary N) is 2. The number of ether oxygens (including phenoxy) is 1. The van der Waals surface area contributed by atoms with Gasteiger partial charge in [-0.05, 0) is 39.5 Å². The van der Waals surface area contributed by atoms with Gasteiger partial charge in [0.15, 0.2) is 11.8 Å². The van der Waals surface area contributed by atoms with E-state index in [4.69, 9.17) is 4.74 Å². The molecule has 2 atom stereocenters. The Hall–Kier alpha value is -1.84. The Balaban J connectivity index is 1.98. The van der Waals surface area contributed by atoms with Gasteiger partial charge in [0, 0.05) is 32.8 Å². The average molecular weight is 404 g/mol. The third-order valence-electron chi connectivity index (χ3n) is 5.00. The molecule has 1 aliphatic rings. The fourth-order valence-corrected chi connectivity index (χ4v) is 3.23. The fraction of sp³-hybridized carbons (Fsp3) is 0.833. The summed E-state index contributed by atoms with van der Waals surface area (Å²) in [5.41, 5.74) is 0. The molecule has 0 aromatic carbocycles. The van der Waals surface area contributed by atoms with Crippen LogP contribution in [0.25, 0.3) is 0 Å². The number of alkyl halides is 3. The van der Waals surface area contributed by atoms with Crippen molar-refractivity contribution >= 4 is 5.96 Å². The molecule has 1 fully saturated rings. The second-order valence-corrected chi connectivity index (χ2v) is 7.11. The highest BCUT2D eigenvalue weighted by atomic mass is 19.4. The van der Waals surface area contributed by atoms with Crippen LogP contribution in [0.3, 0.4) is 0 Å². The van der Waals surface area contributed by atoms with Gasteiger partial charge < -0.3 is 19.9 Å². The second-order valence-electron chi connectivity index (χ2n) is 7.11. The van der Waals surface area contributed by atoms with E-state index in [-0.39, 0.29) is 18.9 Å². The molecule has 1 aromatic rings. The van der Waals surface area contributed by atoms with Crippen molar-refractivity contribution in [2.45, 2.75) is 64.7 Å². The molecule has 0 radical (unpaired) electrons. The van der Waals surface area contributed by atoms with Crippen molar-refractivity contribution in [2.75, 3.05) is 19.8 Å². The standard InChI is InChI=1S/C18H31F3N6O/c1-4-28-10-6-9-22-17(23-12-16-26-25-13(2)27(16)3)24-15-8-5-7-14(11-15)18(19,20)21/h14-15H,4-12H2,1-3H3,(H2,22,23,24). The zero-order valence-electron chi connectivity index (χ0n) is 16.8. The fourth-order valence-electron chi connectivity index (χ4n) is 3.23. The van der Waals surface area contributed by atoms with Crippen LogP contribution in [0.4, 0.5) is 13.2 Å². The lowest BCUT2D eigenvalue weighted by Crippen LogP contribution is -2.47. The smallest absolute Gasteiger partial charge is 0.382 e. The Bertz CT molecular complexity index is 631. The van der Waals surface area contributed by atoms with E-state index in [0.29, 0.717) is 50.9 Å². The van der Waals surface area contributed by atoms with Crippen molar-refractivity contribution in [1.82, 2.24) is 25.4 Å². The first-order valence-electron chi connectivity index (χ1n) is 9.85. The van der Waals surface area contributed by atoms with Crippen LogP contribution in [0, 0.1) is 12.8 Å². The summed E-state index contributed by atoms with van der Waals surface area (Å²) in [6.07, 6.45) is -1.82. The lowest BCUT2D eigenvalue weighted by Gasteiger charge is -2.32. The van der Waals surface area contributed by atoms with E-state index < -0.39 is 12.1 Å². The van der Waals surface area contributed by atoms with Crippen molar-refractivity contribution in [3.63, 3.8) is 0 Å². The maximum absolute atomic E-state index is 13.1. The van der Waals surface area contributed by atoms with Gasteiger partial charge in [0.25, 0.3) is 0 Å². The van der Waals surface area contributed by atoms with E-state index in [2.05, 4.69) is 25.8 Å². The molecule has 28 heavy (non-hydrogen) atoms. The predicted molar refractivity (Wildman–Crippen MR) is 101 cm³/mol. The van der Waals surface area contributed by atoms with Gasteiger partial charge >= 0.3 is 6.18 Å². The van der Waals surface area contributed by atoms with E-state index in [1.807, 2.05) is 25.5 Å². The molecule has 0 aliphatic heterocycles. The maximum Gasteiger partial charge on any atom is 0.391 e. The number of hydrogen-bond acceptors (Lipinski definition) is 4. The molecule has 2 rings (SSSR count). The normalized spacial score (nSPS) is 21.0. The number of aliphatic imine (C=N–C) groups is 1. The number of aryl methyl sites for hydroxylation is 1. The summed E-state index contributed by atoms with van der Waals surface area (Å²) in [6, 6.07) is -0.250. The first kappa shape index (κ1) is 22.4. The molecule has 1 aromatic heterocycles. The minimum atomic E-state index is -4.14. The summed E-state index contributed by atoms with van der Waals surface area (Å²) >= 11 is 0. The molecule has 0 bridgehead atoms. The van der Waals surface area contributed by atoms with Crippen molar-refractivity contribution in [2.24, 2.45) is 18.0 Å². The van der Waals surface area contributed by atoms with Crippen LogP contribution in [0.1, 0.15) is 50.7 Å². The van der Waals surface area contributed by atoms with Crippen LogP contribution in [0.15, 0.2) is 4.99 Å². The third-order valence-corrected chi connectivity index (χ3v) is 5.00. The van der Waals surface area contributed by atoms with E-state index in [1.165, 1.54) is 0 Å². The molecule has 1 aliphatic carbocycles. The first-order valence-corrected chi connectivity index (χ1v) is 9.85. The summed E-state index contributed by atoms with van der Waals surface area (Å²) in [5.74, 6) is 0.735. The number of rotatable bonds is 8. The Morgan fingerprint density at radius 3 is 2.75 bits per heavy atom. The van der Waals surface area contributed by atoms with E-state index in [9.17, 15) is 13.2 Å². The maximum atomic E-state index is 13.1. The van der Waals surface area contributed by atoms with Crippen LogP contribution in [-0.4, -0.2) is 52.7 Å². The molecule has 160 valence electrons. The van der Waals surface area contributed by atoms with Gasteiger partial charge in [-0.25, -0.2) is 4.99 Å². The van der Waals surface area contributed by atoms with E-state index in [0.717, 1.165) is 12.2 Å². The molecule has 0 saturated heterocycles. The van der Waals surface area contributed by atoms with Crippen molar-refractivity contribution in [1.29, 1.82) is 0 Å². The number of guanidine groups is 1.